The number of allylic oxidation sites excluding steroid dienone is 2. The molecule has 0 fully saturated rings. The molecule has 0 atom stereocenters. The second-order valence-corrected chi connectivity index (χ2v) is 11.5. The Balaban J connectivity index is 1.90. The van der Waals surface area contributed by atoms with Gasteiger partial charge in [-0.2, -0.15) is 0 Å². The second-order valence-electron chi connectivity index (χ2n) is 11.5. The van der Waals surface area contributed by atoms with Crippen LogP contribution in [-0.2, 0) is 34.2 Å². The van der Waals surface area contributed by atoms with Gasteiger partial charge in [0.2, 0.25) is 0 Å². The number of fused-ring (bicyclic) bond motifs is 8. The zero-order valence-corrected chi connectivity index (χ0v) is 24.6. The normalized spacial score (nSPS) is 14.7. The summed E-state index contributed by atoms with van der Waals surface area (Å²) >= 11 is 0. The Morgan fingerprint density at radius 1 is 0.872 bits per heavy atom. The van der Waals surface area contributed by atoms with Gasteiger partial charge < -0.3 is 14.7 Å². The number of carbonyl (C=O) groups is 1. The van der Waals surface area contributed by atoms with Crippen molar-refractivity contribution in [2.24, 2.45) is 0 Å². The maximum Gasteiger partial charge on any atom is 0.305 e. The molecule has 0 aliphatic carbocycles. The lowest BCUT2D eigenvalue weighted by Crippen LogP contribution is -2.15. The first-order valence-corrected chi connectivity index (χ1v) is 14.1. The molecule has 3 aromatic heterocycles. The van der Waals surface area contributed by atoms with Crippen LogP contribution in [0.5, 0.6) is 0 Å². The van der Waals surface area contributed by atoms with Crippen LogP contribution in [0.3, 0.4) is 0 Å². The predicted molar refractivity (Wildman–Crippen MR) is 160 cm³/mol. The number of hydrogen-bond acceptors (Lipinski definition) is 4. The first-order chi connectivity index (χ1) is 18.6. The van der Waals surface area contributed by atoms with Crippen molar-refractivity contribution in [3.63, 3.8) is 0 Å². The summed E-state index contributed by atoms with van der Waals surface area (Å²) in [7, 11) is 1.44. The highest BCUT2D eigenvalue weighted by molar-refractivity contribution is 5.94. The summed E-state index contributed by atoms with van der Waals surface area (Å²) in [6.45, 7) is 15.4. The minimum absolute atomic E-state index is 0.0589. The Hall–Kier alpha value is -3.67. The van der Waals surface area contributed by atoms with Crippen molar-refractivity contribution in [1.82, 2.24) is 19.9 Å². The minimum atomic E-state index is -0.212. The molecule has 5 rings (SSSR count). The molecule has 0 saturated carbocycles. The summed E-state index contributed by atoms with van der Waals surface area (Å²) in [5, 5.41) is 0. The predicted octanol–water partition coefficient (Wildman–Crippen LogP) is 7.46. The lowest BCUT2D eigenvalue weighted by Gasteiger charge is -2.15. The number of methoxy groups -OCH3 is 1. The molecule has 0 radical (unpaired) electrons. The lowest BCUT2D eigenvalue weighted by molar-refractivity contribution is -0.140. The average Bonchev–Trinajstić information content (AvgIpc) is 3.55. The van der Waals surface area contributed by atoms with E-state index in [1.807, 2.05) is 0 Å². The Labute approximate surface area is 231 Å². The van der Waals surface area contributed by atoms with E-state index in [0.29, 0.717) is 12.8 Å². The molecule has 0 spiro atoms. The molecular weight excluding hydrogens is 484 g/mol. The van der Waals surface area contributed by atoms with Gasteiger partial charge in [-0.1, -0.05) is 27.7 Å². The summed E-state index contributed by atoms with van der Waals surface area (Å²) in [6.07, 6.45) is 3.64. The number of nitrogens with zero attached hydrogens (tertiary/aromatic N) is 2. The Kier molecular flexibility index (Phi) is 7.00. The first kappa shape index (κ1) is 26.9. The Morgan fingerprint density at radius 3 is 2.08 bits per heavy atom. The van der Waals surface area contributed by atoms with Gasteiger partial charge in [-0.25, -0.2) is 4.98 Å². The molecule has 0 amide bonds. The quantitative estimate of drug-likeness (QED) is 0.339. The summed E-state index contributed by atoms with van der Waals surface area (Å²) in [4.78, 5) is 29.7. The van der Waals surface area contributed by atoms with Gasteiger partial charge in [-0.15, -0.1) is 0 Å². The Bertz CT molecular complexity index is 1670. The highest BCUT2D eigenvalue weighted by Gasteiger charge is 2.29. The van der Waals surface area contributed by atoms with E-state index in [0.717, 1.165) is 75.3 Å². The molecular formula is C33H40N4O2. The molecule has 6 heteroatoms. The standard InChI is InChI=1S/C33H40N4O2/c1-9-22-18(3)25-13-21-17-33(6,7)31(34-21)16-30-23(10-2)19(4)26(37-30)15-29-24(11-12-32(38)39-8)20(5)27(36-29)14-28(22)35-25/h13-16,35,37H,9-12,17H2,1-8H3. The van der Waals surface area contributed by atoms with Crippen LogP contribution >= 0.6 is 0 Å². The van der Waals surface area contributed by atoms with E-state index in [2.05, 4.69) is 82.7 Å². The molecule has 0 aromatic carbocycles. The van der Waals surface area contributed by atoms with Crippen LogP contribution in [0.2, 0.25) is 0 Å². The third-order valence-corrected chi connectivity index (χ3v) is 8.54. The van der Waals surface area contributed by atoms with E-state index in [1.165, 1.54) is 29.4 Å². The molecule has 0 saturated heterocycles. The van der Waals surface area contributed by atoms with Gasteiger partial charge in [0.25, 0.3) is 0 Å². The summed E-state index contributed by atoms with van der Waals surface area (Å²) in [6, 6.07) is 8.77. The van der Waals surface area contributed by atoms with E-state index >= 15 is 0 Å². The molecule has 39 heavy (non-hydrogen) atoms. The monoisotopic (exact) mass is 524 g/mol. The molecule has 0 unspecified atom stereocenters. The molecule has 2 aliphatic rings. The minimum Gasteiger partial charge on any atom is -0.469 e. The van der Waals surface area contributed by atoms with Crippen LogP contribution in [0, 0.1) is 13.8 Å². The Morgan fingerprint density at radius 2 is 1.46 bits per heavy atom. The highest BCUT2D eigenvalue weighted by Crippen LogP contribution is 2.36. The number of ether oxygens (including phenoxy) is 1. The second kappa shape index (κ2) is 10.1. The number of aromatic nitrogens is 4. The number of aromatic amines is 2. The molecule has 6 nitrogen and oxygen atoms in total. The van der Waals surface area contributed by atoms with Crippen LogP contribution < -0.4 is 0 Å². The molecule has 2 N–H and O–H groups in total. The van der Waals surface area contributed by atoms with Gasteiger partial charge in [-0.05, 0) is 97.7 Å². The van der Waals surface area contributed by atoms with Gasteiger partial charge in [0.1, 0.15) is 0 Å². The SMILES string of the molecule is CCc1c(C)c2cc3nc(cc4[nH]c(cc5nc(cc1[nH]2)C(C)=C5CCC(=O)OC)c(C)c4CC)C(C)(C)C3. The molecule has 2 aliphatic heterocycles. The van der Waals surface area contributed by atoms with Crippen molar-refractivity contribution in [3.05, 3.63) is 69.3 Å². The van der Waals surface area contributed by atoms with Crippen LogP contribution in [0.15, 0.2) is 24.3 Å². The van der Waals surface area contributed by atoms with Crippen molar-refractivity contribution >= 4 is 39.2 Å². The number of esters is 1. The largest absolute Gasteiger partial charge is 0.469 e. The fourth-order valence-corrected chi connectivity index (χ4v) is 6.11. The zero-order valence-electron chi connectivity index (χ0n) is 24.6. The fraction of sp³-hybridized carbons (Fsp3) is 0.424. The van der Waals surface area contributed by atoms with Gasteiger partial charge in [0.15, 0.2) is 0 Å². The number of aryl methyl sites for hydroxylation is 4. The average molecular weight is 525 g/mol. The lowest BCUT2D eigenvalue weighted by atomic mass is 9.87. The third kappa shape index (κ3) is 4.81. The zero-order chi connectivity index (χ0) is 28.1. The van der Waals surface area contributed by atoms with Crippen molar-refractivity contribution < 1.29 is 9.53 Å². The van der Waals surface area contributed by atoms with E-state index in [9.17, 15) is 4.79 Å². The number of H-pyrrole nitrogens is 2. The van der Waals surface area contributed by atoms with Crippen molar-refractivity contribution in [2.45, 2.75) is 86.0 Å². The van der Waals surface area contributed by atoms with Gasteiger partial charge >= 0.3 is 5.97 Å². The van der Waals surface area contributed by atoms with Crippen molar-refractivity contribution in [1.29, 1.82) is 0 Å². The van der Waals surface area contributed by atoms with Gasteiger partial charge in [-0.3, -0.25) is 9.78 Å². The van der Waals surface area contributed by atoms with Crippen LogP contribution in [0.1, 0.15) is 92.5 Å². The topological polar surface area (TPSA) is 83.7 Å². The van der Waals surface area contributed by atoms with E-state index in [1.54, 1.807) is 0 Å². The summed E-state index contributed by atoms with van der Waals surface area (Å²) in [5.41, 5.74) is 15.6. The molecule has 5 heterocycles. The van der Waals surface area contributed by atoms with Crippen molar-refractivity contribution in [2.75, 3.05) is 7.11 Å². The number of nitrogens with one attached hydrogen (secondary N) is 2. The smallest absolute Gasteiger partial charge is 0.305 e. The first-order valence-electron chi connectivity index (χ1n) is 14.1. The maximum atomic E-state index is 12.1. The number of rotatable bonds is 5. The molecule has 204 valence electrons. The van der Waals surface area contributed by atoms with Crippen LogP contribution in [0.25, 0.3) is 33.2 Å². The van der Waals surface area contributed by atoms with Crippen molar-refractivity contribution in [3.8, 4) is 0 Å². The summed E-state index contributed by atoms with van der Waals surface area (Å²) in [5.74, 6) is -0.212. The maximum absolute atomic E-state index is 12.1. The summed E-state index contributed by atoms with van der Waals surface area (Å²) < 4.78 is 4.95. The van der Waals surface area contributed by atoms with Gasteiger partial charge in [0.05, 0.1) is 18.5 Å². The van der Waals surface area contributed by atoms with Gasteiger partial charge in [0, 0.05) is 51.7 Å². The van der Waals surface area contributed by atoms with E-state index in [4.69, 9.17) is 14.7 Å². The third-order valence-electron chi connectivity index (χ3n) is 8.54. The molecule has 8 bridgehead atoms. The van der Waals surface area contributed by atoms with Crippen LogP contribution in [-0.4, -0.2) is 33.0 Å². The van der Waals surface area contributed by atoms with E-state index in [-0.39, 0.29) is 11.4 Å². The number of hydrogen-bond donors (Lipinski definition) is 2. The fourth-order valence-electron chi connectivity index (χ4n) is 6.11. The van der Waals surface area contributed by atoms with E-state index < -0.39 is 0 Å². The van der Waals surface area contributed by atoms with Crippen LogP contribution in [0.4, 0.5) is 0 Å². The molecule has 3 aromatic rings. The number of carbonyl (C=O) groups excluding carboxylic acids is 1. The highest BCUT2D eigenvalue weighted by atomic mass is 16.5.